The number of aldehydes is 2. The smallest absolute Gasteiger partial charge is 0.308 e. The van der Waals surface area contributed by atoms with Gasteiger partial charge in [-0.05, 0) is 61.4 Å². The fourth-order valence-electron chi connectivity index (χ4n) is 9.10. The Kier molecular flexibility index (Phi) is 19.2. The Labute approximate surface area is 447 Å². The zero-order chi connectivity index (χ0) is 55.8. The van der Waals surface area contributed by atoms with E-state index >= 15 is 4.39 Å². The number of fused-ring (bicyclic) bond motifs is 4. The van der Waals surface area contributed by atoms with Gasteiger partial charge in [0.1, 0.15) is 18.4 Å². The van der Waals surface area contributed by atoms with Gasteiger partial charge in [-0.25, -0.2) is 9.37 Å². The number of halogens is 4. The second-order valence-corrected chi connectivity index (χ2v) is 19.8. The number of carbonyl (C=O) groups excluding carboxylic acids is 9. The molecule has 0 fully saturated rings. The van der Waals surface area contributed by atoms with Crippen molar-refractivity contribution < 1.29 is 70.2 Å². The van der Waals surface area contributed by atoms with Crippen molar-refractivity contribution in [1.29, 1.82) is 0 Å². The molecule has 7 amide bonds. The number of aryl methyl sites for hydroxylation is 1. The minimum absolute atomic E-state index is 0.0310. The van der Waals surface area contributed by atoms with Crippen LogP contribution in [0.25, 0.3) is 22.3 Å². The number of rotatable bonds is 26. The summed E-state index contributed by atoms with van der Waals surface area (Å²) in [5.74, 6) is -6.99. The minimum atomic E-state index is -5.28. The van der Waals surface area contributed by atoms with Gasteiger partial charge in [0.15, 0.2) is 0 Å². The predicted octanol–water partition coefficient (Wildman–Crippen LogP) is -0.500. The van der Waals surface area contributed by atoms with E-state index in [-0.39, 0.29) is 61.6 Å². The molecule has 3 radical (unpaired) electrons. The van der Waals surface area contributed by atoms with Crippen LogP contribution >= 0.6 is 0 Å². The molecule has 1 aliphatic carbocycles. The zero-order valence-electron chi connectivity index (χ0n) is 41.7. The van der Waals surface area contributed by atoms with Crippen LogP contribution in [-0.2, 0) is 77.6 Å². The van der Waals surface area contributed by atoms with Gasteiger partial charge < -0.3 is 24.2 Å². The summed E-state index contributed by atoms with van der Waals surface area (Å²) in [6, 6.07) is -0.414. The van der Waals surface area contributed by atoms with E-state index in [9.17, 15) is 61.1 Å². The third-order valence-electron chi connectivity index (χ3n) is 13.3. The number of benzene rings is 1. The summed E-state index contributed by atoms with van der Waals surface area (Å²) in [5.41, 5.74) is 1.44. The van der Waals surface area contributed by atoms with Gasteiger partial charge in [0.25, 0.3) is 17.4 Å². The number of nitrogens with one attached hydrogen (secondary N) is 7. The Morgan fingerprint density at radius 3 is 2.26 bits per heavy atom. The van der Waals surface area contributed by atoms with E-state index in [1.54, 1.807) is 26.8 Å². The number of carbonyl (C=O) groups is 9. The summed E-state index contributed by atoms with van der Waals surface area (Å²) < 4.78 is 71.4. The van der Waals surface area contributed by atoms with Crippen LogP contribution in [0, 0.1) is 12.7 Å². The van der Waals surface area contributed by atoms with E-state index in [1.165, 1.54) is 17.7 Å². The van der Waals surface area contributed by atoms with Crippen molar-refractivity contribution in [2.75, 3.05) is 46.6 Å². The monoisotopic (exact) mass is 1260 g/mol. The van der Waals surface area contributed by atoms with Gasteiger partial charge in [-0.2, -0.15) is 0 Å². The molecule has 1 aromatic carbocycles. The molecule has 22 nitrogen and oxygen atoms in total. The predicted molar refractivity (Wildman–Crippen MR) is 262 cm³/mol. The molecule has 2 aliphatic heterocycles. The number of aromatic nitrogens is 2. The number of hydrogen-bond donors (Lipinski definition) is 7. The first-order chi connectivity index (χ1) is 36.0. The summed E-state index contributed by atoms with van der Waals surface area (Å²) in [7, 11) is 1.40. The van der Waals surface area contributed by atoms with Crippen LogP contribution < -0.4 is 42.8 Å². The number of hydrogen-bond acceptors (Lipinski definition) is 15. The molecule has 0 bridgehead atoms. The first-order valence-electron chi connectivity index (χ1n) is 23.8. The molecule has 0 saturated carbocycles. The van der Waals surface area contributed by atoms with Gasteiger partial charge in [-0.3, -0.25) is 14.4 Å². The van der Waals surface area contributed by atoms with Crippen molar-refractivity contribution in [3.63, 3.8) is 0 Å². The van der Waals surface area contributed by atoms with Crippen molar-refractivity contribution >= 4 is 90.6 Å². The van der Waals surface area contributed by atoms with E-state index in [0.29, 0.717) is 86.3 Å². The second kappa shape index (κ2) is 24.9. The molecule has 4 heterocycles. The first kappa shape index (κ1) is 58.5. The fourth-order valence-corrected chi connectivity index (χ4v) is 10.5. The number of imide groups is 1. The Morgan fingerprint density at radius 2 is 1.63 bits per heavy atom. The molecule has 0 spiro atoms. The van der Waals surface area contributed by atoms with Crippen LogP contribution in [0.15, 0.2) is 41.4 Å². The van der Waals surface area contributed by atoms with Gasteiger partial charge in [0.05, 0.1) is 42.6 Å². The Hall–Kier alpha value is -6.79. The minimum Gasteiger partial charge on any atom is -0.308 e. The van der Waals surface area contributed by atoms with Gasteiger partial charge >= 0.3 is 208 Å². The van der Waals surface area contributed by atoms with Crippen LogP contribution in [0.1, 0.15) is 66.1 Å². The number of ether oxygens (including phenoxy) is 2. The van der Waals surface area contributed by atoms with Gasteiger partial charge in [0.2, 0.25) is 0 Å². The number of methoxy groups -OCH3 is 1. The van der Waals surface area contributed by atoms with Crippen molar-refractivity contribution in [3.8, 4) is 11.4 Å². The molecule has 5 atom stereocenters. The summed E-state index contributed by atoms with van der Waals surface area (Å²) in [6.45, 7) is 5.30. The fraction of sp³-hybridized carbons (Fsp3) is 0.449. The van der Waals surface area contributed by atoms with Gasteiger partial charge in [0, 0.05) is 47.3 Å². The number of alkyl halides is 3. The van der Waals surface area contributed by atoms with Crippen molar-refractivity contribution in [2.24, 2.45) is 0 Å². The molecule has 7 N–H and O–H groups in total. The summed E-state index contributed by atoms with van der Waals surface area (Å²) in [6.07, 6.45) is -4.68. The average Bonchev–Trinajstić information content (AvgIpc) is 3.95. The van der Waals surface area contributed by atoms with Crippen LogP contribution in [0.3, 0.4) is 0 Å². The first-order valence-corrected chi connectivity index (χ1v) is 26.5. The summed E-state index contributed by atoms with van der Waals surface area (Å²) in [4.78, 5) is 132. The molecule has 3 aliphatic rings. The number of amides is 7. The van der Waals surface area contributed by atoms with Gasteiger partial charge in [-0.15, -0.1) is 0 Å². The van der Waals surface area contributed by atoms with Gasteiger partial charge in [-0.1, -0.05) is 6.92 Å². The molecule has 76 heavy (non-hydrogen) atoms. The van der Waals surface area contributed by atoms with E-state index in [1.807, 2.05) is 0 Å². The summed E-state index contributed by atoms with van der Waals surface area (Å²) in [5, 5.41) is 17.5. The Morgan fingerprint density at radius 1 is 0.961 bits per heavy atom. The van der Waals surface area contributed by atoms with Crippen LogP contribution in [0.4, 0.5) is 17.6 Å². The van der Waals surface area contributed by atoms with E-state index in [0.717, 1.165) is 18.4 Å². The normalized spacial score (nSPS) is 16.4. The Bertz CT molecular complexity index is 2950. The van der Waals surface area contributed by atoms with Crippen molar-refractivity contribution in [1.82, 2.24) is 51.7 Å². The third-order valence-corrected chi connectivity index (χ3v) is 14.9. The van der Waals surface area contributed by atoms with Crippen molar-refractivity contribution in [2.45, 2.75) is 93.0 Å². The molecule has 6 rings (SSSR count). The van der Waals surface area contributed by atoms with Crippen molar-refractivity contribution in [3.05, 3.63) is 86.1 Å². The second-order valence-electron chi connectivity index (χ2n) is 18.2. The molecule has 3 unspecified atom stereocenters. The quantitative estimate of drug-likeness (QED) is 0.0104. The molecule has 27 heteroatoms. The summed E-state index contributed by atoms with van der Waals surface area (Å²) >= 11 is 0.507. The number of nitrogens with zero attached hydrogens (tertiary/aromatic N) is 3. The van der Waals surface area contributed by atoms with E-state index in [4.69, 9.17) is 14.5 Å². The van der Waals surface area contributed by atoms with Crippen LogP contribution in [-0.4, -0.2) is 165 Å². The van der Waals surface area contributed by atoms with E-state index < -0.39 is 115 Å². The molecule has 2 aromatic heterocycles. The van der Waals surface area contributed by atoms with Crippen LogP contribution in [0.5, 0.6) is 0 Å². The SMILES string of the molecule is C=C(NCC(=O)NCOC(C(=O)NC1CCc2c(C)c(F)cc3nc4c(c1c23)Cn1c-4cc([C@](C)(C=O)CC)c(COC)c1=O)C(F)(F)F)C([CH2][Pb])NC(=O)CNC(=O)CNC(=O)[C@H](CNCC=O)N1C(=O)C=CC1=O. The zero-order valence-corrected chi connectivity index (χ0v) is 45.6. The molecule has 0 saturated heterocycles. The molecule has 405 valence electrons. The third kappa shape index (κ3) is 12.7. The molecular formula is C49H55F4N10O12Pb. The average molecular weight is 1260 g/mol. The standard InChI is InChI=1S/C49H55F4N10O12.Pb/c1-7-48(5,22-65)30-14-34-43-28(20-62(34)47(73)29(30)21-74-6)42-32(9-8-27-24(2)31(50)15-33(60-43)41(27)42)61-46(72)44(49(51,52)53)75-23-58-37(67)17-55-25(3)26(4)59-38(68)19-56-36(66)18-57-45(71)35(16-54-12-13-64)63-39(69)10-11-40(63)70;/h10-11,13-15,22,26,32,35,44,54-55H,3-4,7-9,12,16-21,23H2,1-2,5-6H3,(H,56,66)(H,57,71)(H,58,67)(H,59,68)(H,61,72);/t26?,32?,35-,44?,48-;/m0./s1. The van der Waals surface area contributed by atoms with Crippen LogP contribution in [0.2, 0.25) is 3.98 Å². The number of pyridine rings is 2. The molecule has 3 aromatic rings. The Balaban J connectivity index is 1.05. The maximum absolute atomic E-state index is 15.4. The topological polar surface area (TPSA) is 294 Å². The van der Waals surface area contributed by atoms with E-state index in [2.05, 4.69) is 43.8 Å². The maximum atomic E-state index is 15.4. The molecular weight excluding hydrogens is 1200 g/mol.